The highest BCUT2D eigenvalue weighted by Gasteiger charge is 2.31. The van der Waals surface area contributed by atoms with Gasteiger partial charge < -0.3 is 10.4 Å². The van der Waals surface area contributed by atoms with Crippen molar-refractivity contribution in [3.63, 3.8) is 0 Å². The number of nitrogens with zero attached hydrogens (tertiary/aromatic N) is 1. The number of aliphatic carboxylic acids is 1. The fraction of sp³-hybridized carbons (Fsp3) is 0.188. The van der Waals surface area contributed by atoms with Gasteiger partial charge in [0.2, 0.25) is 0 Å². The third kappa shape index (κ3) is 4.55. The zero-order chi connectivity index (χ0) is 17.7. The van der Waals surface area contributed by atoms with Gasteiger partial charge in [-0.25, -0.2) is 4.79 Å². The quantitative estimate of drug-likeness (QED) is 0.878. The van der Waals surface area contributed by atoms with Gasteiger partial charge in [0.15, 0.2) is 0 Å². The van der Waals surface area contributed by atoms with Crippen LogP contribution in [0.25, 0.3) is 0 Å². The van der Waals surface area contributed by atoms with E-state index in [1.807, 2.05) is 0 Å². The summed E-state index contributed by atoms with van der Waals surface area (Å²) in [6, 6.07) is 5.79. The topological polar surface area (TPSA) is 79.3 Å². The molecule has 0 unspecified atom stereocenters. The summed E-state index contributed by atoms with van der Waals surface area (Å²) >= 11 is 0. The van der Waals surface area contributed by atoms with Gasteiger partial charge >= 0.3 is 12.1 Å². The number of nitrogens with one attached hydrogen (secondary N) is 1. The number of benzene rings is 1. The van der Waals surface area contributed by atoms with Crippen molar-refractivity contribution in [3.05, 3.63) is 65.5 Å². The molecule has 2 aromatic rings. The maximum Gasteiger partial charge on any atom is 0.416 e. The van der Waals surface area contributed by atoms with Crippen molar-refractivity contribution < 1.29 is 27.9 Å². The molecule has 1 atom stereocenters. The number of hydrogen-bond acceptors (Lipinski definition) is 3. The molecule has 5 nitrogen and oxygen atoms in total. The Labute approximate surface area is 135 Å². The smallest absolute Gasteiger partial charge is 0.416 e. The van der Waals surface area contributed by atoms with Crippen LogP contribution in [0, 0.1) is 0 Å². The number of rotatable bonds is 5. The lowest BCUT2D eigenvalue weighted by molar-refractivity contribution is -0.139. The number of aromatic nitrogens is 1. The zero-order valence-corrected chi connectivity index (χ0v) is 12.2. The second-order valence-corrected chi connectivity index (χ2v) is 5.00. The Morgan fingerprint density at radius 2 is 1.83 bits per heavy atom. The van der Waals surface area contributed by atoms with Crippen molar-refractivity contribution in [2.24, 2.45) is 0 Å². The summed E-state index contributed by atoms with van der Waals surface area (Å²) in [5, 5.41) is 11.5. The summed E-state index contributed by atoms with van der Waals surface area (Å²) < 4.78 is 38.1. The van der Waals surface area contributed by atoms with Crippen LogP contribution in [0.5, 0.6) is 0 Å². The van der Waals surface area contributed by atoms with Crippen molar-refractivity contribution in [1.29, 1.82) is 0 Å². The Hall–Kier alpha value is -2.90. The lowest BCUT2D eigenvalue weighted by Crippen LogP contribution is -2.42. The number of halogens is 3. The molecule has 0 aliphatic rings. The van der Waals surface area contributed by atoms with Gasteiger partial charge in [0.25, 0.3) is 5.91 Å². The molecule has 0 saturated carbocycles. The van der Waals surface area contributed by atoms with Crippen molar-refractivity contribution in [2.45, 2.75) is 18.6 Å². The molecule has 1 aromatic carbocycles. The summed E-state index contributed by atoms with van der Waals surface area (Å²) in [6.07, 6.45) is -2.04. The van der Waals surface area contributed by atoms with Crippen LogP contribution >= 0.6 is 0 Å². The number of carboxylic acids is 1. The molecule has 0 radical (unpaired) electrons. The number of carbonyl (C=O) groups is 2. The molecule has 0 spiro atoms. The van der Waals surface area contributed by atoms with Gasteiger partial charge in [-0.2, -0.15) is 13.2 Å². The highest BCUT2D eigenvalue weighted by Crippen LogP contribution is 2.29. The average Bonchev–Trinajstić information content (AvgIpc) is 2.54. The lowest BCUT2D eigenvalue weighted by Gasteiger charge is -2.15. The molecular weight excluding hydrogens is 325 g/mol. The van der Waals surface area contributed by atoms with Crippen LogP contribution in [-0.4, -0.2) is 28.0 Å². The minimum Gasteiger partial charge on any atom is -0.480 e. The van der Waals surface area contributed by atoms with Crippen molar-refractivity contribution in [2.75, 3.05) is 0 Å². The number of alkyl halides is 3. The maximum atomic E-state index is 12.7. The highest BCUT2D eigenvalue weighted by atomic mass is 19.4. The first kappa shape index (κ1) is 17.5. The number of carbonyl (C=O) groups excluding carboxylic acids is 1. The number of carboxylic acid groups (broad SMARTS) is 1. The molecule has 1 aromatic heterocycles. The average molecular weight is 338 g/mol. The van der Waals surface area contributed by atoms with Gasteiger partial charge in [-0.1, -0.05) is 18.2 Å². The molecule has 0 aliphatic heterocycles. The van der Waals surface area contributed by atoms with Gasteiger partial charge in [-0.05, 0) is 23.8 Å². The fourth-order valence-corrected chi connectivity index (χ4v) is 2.06. The van der Waals surface area contributed by atoms with Crippen molar-refractivity contribution >= 4 is 11.9 Å². The summed E-state index contributed by atoms with van der Waals surface area (Å²) in [4.78, 5) is 27.0. The Balaban J connectivity index is 2.15. The molecule has 24 heavy (non-hydrogen) atoms. The standard InChI is InChI=1S/C16H13F3N2O3/c17-16(18,19)12-3-1-2-10(8-12)9-13(15(23)24)21-14(22)11-4-6-20-7-5-11/h1-8,13H,9H2,(H,21,22)(H,23,24)/t13-/m0/s1. The minimum absolute atomic E-state index is 0.159. The molecule has 0 aliphatic carbocycles. The number of amides is 1. The molecule has 1 heterocycles. The van der Waals surface area contributed by atoms with Crippen LogP contribution in [0.1, 0.15) is 21.5 Å². The van der Waals surface area contributed by atoms with E-state index in [1.54, 1.807) is 0 Å². The molecule has 126 valence electrons. The van der Waals surface area contributed by atoms with Crippen LogP contribution in [0.2, 0.25) is 0 Å². The molecular formula is C16H13F3N2O3. The monoisotopic (exact) mass is 338 g/mol. The summed E-state index contributed by atoms with van der Waals surface area (Å²) in [5.41, 5.74) is -0.503. The van der Waals surface area contributed by atoms with Gasteiger partial charge in [-0.3, -0.25) is 9.78 Å². The fourth-order valence-electron chi connectivity index (χ4n) is 2.06. The summed E-state index contributed by atoms with van der Waals surface area (Å²) in [6.45, 7) is 0. The molecule has 0 saturated heterocycles. The molecule has 2 rings (SSSR count). The number of pyridine rings is 1. The van der Waals surface area contributed by atoms with E-state index < -0.39 is 29.7 Å². The Kier molecular flexibility index (Phi) is 5.18. The lowest BCUT2D eigenvalue weighted by atomic mass is 10.0. The molecule has 8 heteroatoms. The predicted octanol–water partition coefficient (Wildman–Crippen LogP) is 2.53. The SMILES string of the molecule is O=C(N[C@@H](Cc1cccc(C(F)(F)F)c1)C(=O)O)c1ccncc1. The normalized spacial score (nSPS) is 12.5. The zero-order valence-electron chi connectivity index (χ0n) is 12.2. The van der Waals surface area contributed by atoms with Crippen LogP contribution in [0.4, 0.5) is 13.2 Å². The van der Waals surface area contributed by atoms with Crippen molar-refractivity contribution in [1.82, 2.24) is 10.3 Å². The molecule has 0 fully saturated rings. The third-order valence-electron chi connectivity index (χ3n) is 3.24. The van der Waals surface area contributed by atoms with E-state index >= 15 is 0 Å². The van der Waals surface area contributed by atoms with Gasteiger partial charge in [0.05, 0.1) is 5.56 Å². The minimum atomic E-state index is -4.52. The van der Waals surface area contributed by atoms with E-state index in [1.165, 1.54) is 36.7 Å². The van der Waals surface area contributed by atoms with E-state index in [-0.39, 0.29) is 17.5 Å². The largest absolute Gasteiger partial charge is 0.480 e. The summed E-state index contributed by atoms with van der Waals surface area (Å²) in [7, 11) is 0. The number of hydrogen-bond donors (Lipinski definition) is 2. The highest BCUT2D eigenvalue weighted by molar-refractivity contribution is 5.96. The van der Waals surface area contributed by atoms with Gasteiger partial charge in [-0.15, -0.1) is 0 Å². The Bertz CT molecular complexity index is 733. The second kappa shape index (κ2) is 7.12. The Morgan fingerprint density at radius 3 is 2.42 bits per heavy atom. The first-order chi connectivity index (χ1) is 11.3. The van der Waals surface area contributed by atoms with E-state index in [2.05, 4.69) is 10.3 Å². The van der Waals surface area contributed by atoms with E-state index in [9.17, 15) is 27.9 Å². The van der Waals surface area contributed by atoms with Crippen molar-refractivity contribution in [3.8, 4) is 0 Å². The second-order valence-electron chi connectivity index (χ2n) is 5.00. The van der Waals surface area contributed by atoms with Crippen LogP contribution < -0.4 is 5.32 Å². The first-order valence-corrected chi connectivity index (χ1v) is 6.87. The van der Waals surface area contributed by atoms with Crippen LogP contribution in [-0.2, 0) is 17.4 Å². The molecule has 1 amide bonds. The first-order valence-electron chi connectivity index (χ1n) is 6.87. The predicted molar refractivity (Wildman–Crippen MR) is 78.3 cm³/mol. The van der Waals surface area contributed by atoms with Crippen LogP contribution in [0.3, 0.4) is 0 Å². The third-order valence-corrected chi connectivity index (χ3v) is 3.24. The van der Waals surface area contributed by atoms with Gasteiger partial charge in [0.1, 0.15) is 6.04 Å². The molecule has 0 bridgehead atoms. The van der Waals surface area contributed by atoms with Gasteiger partial charge in [0, 0.05) is 24.4 Å². The van der Waals surface area contributed by atoms with E-state index in [0.717, 1.165) is 12.1 Å². The van der Waals surface area contributed by atoms with Crippen LogP contribution in [0.15, 0.2) is 48.8 Å². The Morgan fingerprint density at radius 1 is 1.17 bits per heavy atom. The van der Waals surface area contributed by atoms with E-state index in [4.69, 9.17) is 0 Å². The summed E-state index contributed by atoms with van der Waals surface area (Å²) in [5.74, 6) is -1.98. The molecule has 2 N–H and O–H groups in total. The maximum absolute atomic E-state index is 12.7. The van der Waals surface area contributed by atoms with E-state index in [0.29, 0.717) is 0 Å².